The second-order valence-corrected chi connectivity index (χ2v) is 4.96. The Morgan fingerprint density at radius 1 is 1.24 bits per heavy atom. The quantitative estimate of drug-likeness (QED) is 0.621. The normalized spacial score (nSPS) is 10.5. The lowest BCUT2D eigenvalue weighted by Gasteiger charge is -2.22. The summed E-state index contributed by atoms with van der Waals surface area (Å²) in [6, 6.07) is 4.07. The van der Waals surface area contributed by atoms with Crippen LogP contribution in [0.25, 0.3) is 0 Å². The molecule has 0 amide bonds. The summed E-state index contributed by atoms with van der Waals surface area (Å²) in [5.74, 6) is 7.94. The average molecular weight is 286 g/mol. The summed E-state index contributed by atoms with van der Waals surface area (Å²) in [6.07, 6.45) is 5.35. The van der Waals surface area contributed by atoms with Gasteiger partial charge >= 0.3 is 0 Å². The molecule has 3 N–H and O–H groups in total. The number of hydrogen-bond donors (Lipinski definition) is 2. The molecule has 0 bridgehead atoms. The number of nitrogens with two attached hydrogens (primary N) is 1. The molecule has 0 radical (unpaired) electrons. The third kappa shape index (κ3) is 3.66. The molecule has 0 aliphatic heterocycles. The van der Waals surface area contributed by atoms with Crippen molar-refractivity contribution >= 4 is 11.6 Å². The molecule has 0 aliphatic carbocycles. The van der Waals surface area contributed by atoms with Crippen LogP contribution in [0.1, 0.15) is 23.9 Å². The molecular formula is C15H22N6. The molecule has 2 heterocycles. The third-order valence-electron chi connectivity index (χ3n) is 3.47. The van der Waals surface area contributed by atoms with Gasteiger partial charge in [0, 0.05) is 38.0 Å². The molecule has 112 valence electrons. The summed E-state index contributed by atoms with van der Waals surface area (Å²) in [7, 11) is 2.04. The van der Waals surface area contributed by atoms with Crippen LogP contribution in [0.3, 0.4) is 0 Å². The van der Waals surface area contributed by atoms with E-state index in [-0.39, 0.29) is 0 Å². The van der Waals surface area contributed by atoms with Crippen molar-refractivity contribution in [2.45, 2.75) is 26.7 Å². The molecule has 6 nitrogen and oxygen atoms in total. The zero-order chi connectivity index (χ0) is 15.2. The molecule has 0 aliphatic rings. The number of pyridine rings is 1. The number of anilines is 2. The van der Waals surface area contributed by atoms with Gasteiger partial charge in [0.05, 0.1) is 0 Å². The summed E-state index contributed by atoms with van der Waals surface area (Å²) in [6.45, 7) is 4.88. The molecule has 0 atom stereocenters. The summed E-state index contributed by atoms with van der Waals surface area (Å²) in [4.78, 5) is 15.2. The summed E-state index contributed by atoms with van der Waals surface area (Å²) >= 11 is 0. The van der Waals surface area contributed by atoms with Crippen LogP contribution in [-0.2, 0) is 12.8 Å². The first kappa shape index (κ1) is 15.2. The van der Waals surface area contributed by atoms with Crippen LogP contribution >= 0.6 is 0 Å². The van der Waals surface area contributed by atoms with Crippen molar-refractivity contribution < 1.29 is 0 Å². The van der Waals surface area contributed by atoms with E-state index in [4.69, 9.17) is 5.84 Å². The predicted molar refractivity (Wildman–Crippen MR) is 85.2 cm³/mol. The van der Waals surface area contributed by atoms with Gasteiger partial charge < -0.3 is 10.3 Å². The second kappa shape index (κ2) is 6.99. The van der Waals surface area contributed by atoms with E-state index in [1.807, 2.05) is 45.4 Å². The van der Waals surface area contributed by atoms with Gasteiger partial charge in [-0.2, -0.15) is 0 Å². The molecule has 0 unspecified atom stereocenters. The van der Waals surface area contributed by atoms with Gasteiger partial charge in [0.15, 0.2) is 0 Å². The van der Waals surface area contributed by atoms with Crippen LogP contribution in [0.4, 0.5) is 11.6 Å². The van der Waals surface area contributed by atoms with E-state index in [0.29, 0.717) is 5.82 Å². The first-order chi connectivity index (χ1) is 10.2. The Morgan fingerprint density at radius 2 is 1.95 bits per heavy atom. The Labute approximate surface area is 125 Å². The van der Waals surface area contributed by atoms with E-state index >= 15 is 0 Å². The minimum absolute atomic E-state index is 0.688. The first-order valence-electron chi connectivity index (χ1n) is 7.09. The van der Waals surface area contributed by atoms with Gasteiger partial charge in [0.2, 0.25) is 0 Å². The van der Waals surface area contributed by atoms with Crippen molar-refractivity contribution in [3.8, 4) is 0 Å². The van der Waals surface area contributed by atoms with Gasteiger partial charge in [-0.3, -0.25) is 4.98 Å². The molecule has 0 saturated carbocycles. The maximum absolute atomic E-state index is 5.54. The molecule has 0 saturated heterocycles. The van der Waals surface area contributed by atoms with Crippen LogP contribution < -0.4 is 16.2 Å². The highest BCUT2D eigenvalue weighted by atomic mass is 15.3. The fourth-order valence-corrected chi connectivity index (χ4v) is 2.17. The predicted octanol–water partition coefficient (Wildman–Crippen LogP) is 1.71. The number of aromatic nitrogens is 3. The van der Waals surface area contributed by atoms with Crippen molar-refractivity contribution in [1.82, 2.24) is 15.0 Å². The minimum atomic E-state index is 0.688. The van der Waals surface area contributed by atoms with Crippen LogP contribution in [0.2, 0.25) is 0 Å². The van der Waals surface area contributed by atoms with Gasteiger partial charge in [-0.1, -0.05) is 6.92 Å². The van der Waals surface area contributed by atoms with E-state index in [2.05, 4.69) is 25.3 Å². The van der Waals surface area contributed by atoms with E-state index in [0.717, 1.165) is 36.6 Å². The van der Waals surface area contributed by atoms with E-state index in [9.17, 15) is 0 Å². The molecule has 21 heavy (non-hydrogen) atoms. The van der Waals surface area contributed by atoms with E-state index in [1.165, 1.54) is 5.56 Å². The van der Waals surface area contributed by atoms with Gasteiger partial charge in [0.1, 0.15) is 17.5 Å². The Bertz CT molecular complexity index is 584. The molecule has 6 heteroatoms. The number of rotatable bonds is 6. The zero-order valence-electron chi connectivity index (χ0n) is 12.8. The fourth-order valence-electron chi connectivity index (χ4n) is 2.17. The van der Waals surface area contributed by atoms with Gasteiger partial charge in [-0.05, 0) is 31.0 Å². The topological polar surface area (TPSA) is 80.0 Å². The number of nitrogens with zero attached hydrogens (tertiary/aromatic N) is 4. The Balaban J connectivity index is 2.16. The Morgan fingerprint density at radius 3 is 2.57 bits per heavy atom. The number of aryl methyl sites for hydroxylation is 1. The number of nitrogen functional groups attached to an aromatic ring is 1. The third-order valence-corrected chi connectivity index (χ3v) is 3.47. The first-order valence-corrected chi connectivity index (χ1v) is 7.09. The van der Waals surface area contributed by atoms with Crippen LogP contribution in [-0.4, -0.2) is 28.5 Å². The lowest BCUT2D eigenvalue weighted by molar-refractivity contribution is 0.829. The summed E-state index contributed by atoms with van der Waals surface area (Å²) in [5.41, 5.74) is 4.88. The highest BCUT2D eigenvalue weighted by Gasteiger charge is 2.13. The van der Waals surface area contributed by atoms with Crippen molar-refractivity contribution in [3.63, 3.8) is 0 Å². The molecule has 2 aromatic heterocycles. The standard InChI is InChI=1S/C15H22N6/c1-4-13-18-14(20-16)11(2)15(19-13)21(3)10-7-12-5-8-17-9-6-12/h5-6,8-9H,4,7,10,16H2,1-3H3,(H,18,19,20). The second-order valence-electron chi connectivity index (χ2n) is 4.96. The monoisotopic (exact) mass is 286 g/mol. The summed E-state index contributed by atoms with van der Waals surface area (Å²) < 4.78 is 0. The highest BCUT2D eigenvalue weighted by molar-refractivity contribution is 5.57. The zero-order valence-corrected chi connectivity index (χ0v) is 12.8. The van der Waals surface area contributed by atoms with Gasteiger partial charge in [-0.25, -0.2) is 15.8 Å². The molecule has 0 fully saturated rings. The lowest BCUT2D eigenvalue weighted by Crippen LogP contribution is -2.24. The number of hydrazine groups is 1. The molecule has 2 aromatic rings. The van der Waals surface area contributed by atoms with E-state index < -0.39 is 0 Å². The minimum Gasteiger partial charge on any atom is -0.359 e. The highest BCUT2D eigenvalue weighted by Crippen LogP contribution is 2.22. The molecule has 0 spiro atoms. The maximum atomic E-state index is 5.54. The van der Waals surface area contributed by atoms with Crippen molar-refractivity contribution in [3.05, 3.63) is 41.5 Å². The number of likely N-dealkylation sites (N-methyl/N-ethyl adjacent to an activating group) is 1. The SMILES string of the molecule is CCc1nc(NN)c(C)c(N(C)CCc2ccncc2)n1. The fraction of sp³-hybridized carbons (Fsp3) is 0.400. The lowest BCUT2D eigenvalue weighted by atomic mass is 10.2. The number of hydrogen-bond acceptors (Lipinski definition) is 6. The molecule has 0 aromatic carbocycles. The van der Waals surface area contributed by atoms with Crippen LogP contribution in [0.5, 0.6) is 0 Å². The smallest absolute Gasteiger partial charge is 0.148 e. The Hall–Kier alpha value is -2.21. The molecular weight excluding hydrogens is 264 g/mol. The largest absolute Gasteiger partial charge is 0.359 e. The van der Waals surface area contributed by atoms with Crippen molar-refractivity contribution in [1.29, 1.82) is 0 Å². The van der Waals surface area contributed by atoms with Gasteiger partial charge in [0.25, 0.3) is 0 Å². The van der Waals surface area contributed by atoms with Crippen molar-refractivity contribution in [2.75, 3.05) is 23.9 Å². The molecule has 2 rings (SSSR count). The van der Waals surface area contributed by atoms with Crippen LogP contribution in [0, 0.1) is 6.92 Å². The number of nitrogens with one attached hydrogen (secondary N) is 1. The average Bonchev–Trinajstić information content (AvgIpc) is 2.53. The van der Waals surface area contributed by atoms with E-state index in [1.54, 1.807) is 0 Å². The van der Waals surface area contributed by atoms with Gasteiger partial charge in [-0.15, -0.1) is 0 Å². The van der Waals surface area contributed by atoms with Crippen molar-refractivity contribution in [2.24, 2.45) is 5.84 Å². The Kier molecular flexibility index (Phi) is 5.05. The summed E-state index contributed by atoms with van der Waals surface area (Å²) in [5, 5.41) is 0. The maximum Gasteiger partial charge on any atom is 0.148 e. The van der Waals surface area contributed by atoms with Crippen LogP contribution in [0.15, 0.2) is 24.5 Å².